The minimum atomic E-state index is 0. The molecule has 1 aromatic heterocycles. The van der Waals surface area contributed by atoms with Crippen molar-refractivity contribution in [3.63, 3.8) is 0 Å². The Morgan fingerprint density at radius 3 is 2.67 bits per heavy atom. The summed E-state index contributed by atoms with van der Waals surface area (Å²) in [6.07, 6.45) is 4.20. The summed E-state index contributed by atoms with van der Waals surface area (Å²) in [4.78, 5) is 13.3. The van der Waals surface area contributed by atoms with Gasteiger partial charge in [0.15, 0.2) is 11.1 Å². The summed E-state index contributed by atoms with van der Waals surface area (Å²) < 4.78 is 0. The molecule has 7 heteroatoms. The van der Waals surface area contributed by atoms with Gasteiger partial charge in [0.1, 0.15) is 0 Å². The quantitative estimate of drug-likeness (QED) is 0.343. The zero-order chi connectivity index (χ0) is 14.4. The molecule has 2 N–H and O–H groups in total. The first-order valence-electron chi connectivity index (χ1n) is 7.36. The van der Waals surface area contributed by atoms with Gasteiger partial charge in [-0.2, -0.15) is 0 Å². The molecular weight excluding hydrogens is 397 g/mol. The molecule has 1 aromatic rings. The van der Waals surface area contributed by atoms with Crippen molar-refractivity contribution < 1.29 is 0 Å². The Morgan fingerprint density at radius 2 is 2.10 bits per heavy atom. The molecule has 1 aliphatic rings. The van der Waals surface area contributed by atoms with Crippen LogP contribution in [0.2, 0.25) is 0 Å². The Bertz CT molecular complexity index is 413. The molecule has 0 atom stereocenters. The highest BCUT2D eigenvalue weighted by molar-refractivity contribution is 14.0. The molecule has 120 valence electrons. The zero-order valence-corrected chi connectivity index (χ0v) is 16.0. The fourth-order valence-corrected chi connectivity index (χ4v) is 2.99. The molecule has 1 fully saturated rings. The van der Waals surface area contributed by atoms with Gasteiger partial charge in [-0.05, 0) is 18.8 Å². The van der Waals surface area contributed by atoms with Gasteiger partial charge in [-0.15, -0.1) is 35.3 Å². The summed E-state index contributed by atoms with van der Waals surface area (Å²) in [5.41, 5.74) is 6.07. The van der Waals surface area contributed by atoms with Crippen LogP contribution >= 0.6 is 35.3 Å². The van der Waals surface area contributed by atoms with Crippen LogP contribution in [0, 0.1) is 5.92 Å². The molecule has 0 spiro atoms. The van der Waals surface area contributed by atoms with E-state index in [1.54, 1.807) is 11.3 Å². The van der Waals surface area contributed by atoms with Crippen LogP contribution in [-0.4, -0.2) is 48.6 Å². The van der Waals surface area contributed by atoms with E-state index < -0.39 is 0 Å². The third-order valence-electron chi connectivity index (χ3n) is 3.51. The monoisotopic (exact) mass is 423 g/mol. The van der Waals surface area contributed by atoms with Crippen LogP contribution in [0.5, 0.6) is 0 Å². The van der Waals surface area contributed by atoms with E-state index in [0.717, 1.165) is 50.2 Å². The van der Waals surface area contributed by atoms with Gasteiger partial charge in [-0.3, -0.25) is 4.99 Å². The molecule has 0 unspecified atom stereocenters. The van der Waals surface area contributed by atoms with Crippen molar-refractivity contribution in [1.82, 2.24) is 9.88 Å². The van der Waals surface area contributed by atoms with Gasteiger partial charge >= 0.3 is 0 Å². The lowest BCUT2D eigenvalue weighted by atomic mass is 10.1. The maximum absolute atomic E-state index is 6.07. The van der Waals surface area contributed by atoms with Gasteiger partial charge in [0, 0.05) is 44.3 Å². The Kier molecular flexibility index (Phi) is 8.31. The third-order valence-corrected chi connectivity index (χ3v) is 4.34. The number of aromatic nitrogens is 1. The smallest absolute Gasteiger partial charge is 0.191 e. The van der Waals surface area contributed by atoms with Crippen LogP contribution in [0.4, 0.5) is 5.13 Å². The van der Waals surface area contributed by atoms with E-state index in [4.69, 9.17) is 5.73 Å². The highest BCUT2D eigenvalue weighted by atomic mass is 127. The predicted octanol–water partition coefficient (Wildman–Crippen LogP) is 2.63. The van der Waals surface area contributed by atoms with Gasteiger partial charge in [0.05, 0.1) is 0 Å². The van der Waals surface area contributed by atoms with Crippen molar-refractivity contribution in [2.24, 2.45) is 16.6 Å². The molecule has 2 heterocycles. The first kappa shape index (κ1) is 18.5. The van der Waals surface area contributed by atoms with Gasteiger partial charge < -0.3 is 15.5 Å². The van der Waals surface area contributed by atoms with Crippen LogP contribution < -0.4 is 10.6 Å². The number of hydrogen-bond donors (Lipinski definition) is 1. The Morgan fingerprint density at radius 1 is 1.38 bits per heavy atom. The average Bonchev–Trinajstić information content (AvgIpc) is 2.97. The fourth-order valence-electron chi connectivity index (χ4n) is 2.29. The van der Waals surface area contributed by atoms with E-state index in [-0.39, 0.29) is 24.0 Å². The normalized spacial score (nSPS) is 16.2. The third kappa shape index (κ3) is 5.98. The molecule has 0 radical (unpaired) electrons. The van der Waals surface area contributed by atoms with Gasteiger partial charge in [-0.25, -0.2) is 4.98 Å². The lowest BCUT2D eigenvalue weighted by molar-refractivity contribution is 0.380. The average molecular weight is 423 g/mol. The molecule has 5 nitrogen and oxygen atoms in total. The second kappa shape index (κ2) is 9.45. The van der Waals surface area contributed by atoms with Crippen molar-refractivity contribution >= 4 is 46.4 Å². The van der Waals surface area contributed by atoms with Crippen LogP contribution in [0.1, 0.15) is 26.7 Å². The van der Waals surface area contributed by atoms with Crippen LogP contribution in [0.3, 0.4) is 0 Å². The van der Waals surface area contributed by atoms with Crippen molar-refractivity contribution in [1.29, 1.82) is 0 Å². The molecule has 2 rings (SSSR count). The Balaban J connectivity index is 0.00000220. The van der Waals surface area contributed by atoms with E-state index >= 15 is 0 Å². The number of aliphatic imine (C=N–C) groups is 1. The highest BCUT2D eigenvalue weighted by Gasteiger charge is 2.19. The highest BCUT2D eigenvalue weighted by Crippen LogP contribution is 2.18. The van der Waals surface area contributed by atoms with E-state index in [1.165, 1.54) is 6.42 Å². The second-order valence-electron chi connectivity index (χ2n) is 5.56. The summed E-state index contributed by atoms with van der Waals surface area (Å²) in [5.74, 6) is 1.45. The maximum Gasteiger partial charge on any atom is 0.191 e. The van der Waals surface area contributed by atoms with Crippen molar-refractivity contribution in [2.45, 2.75) is 26.7 Å². The minimum Gasteiger partial charge on any atom is -0.370 e. The Labute approximate surface area is 148 Å². The largest absolute Gasteiger partial charge is 0.370 e. The first-order valence-corrected chi connectivity index (χ1v) is 8.24. The number of anilines is 1. The molecular formula is C14H26IN5S. The van der Waals surface area contributed by atoms with E-state index in [1.807, 2.05) is 11.6 Å². The van der Waals surface area contributed by atoms with Crippen LogP contribution in [-0.2, 0) is 0 Å². The molecule has 1 aliphatic heterocycles. The number of piperazine rings is 1. The van der Waals surface area contributed by atoms with Crippen LogP contribution in [0.15, 0.2) is 16.6 Å². The SMILES string of the molecule is CC(C)CCCN=C(N)N1CCN(c2nccs2)CC1.I. The summed E-state index contributed by atoms with van der Waals surface area (Å²) in [6.45, 7) is 9.12. The van der Waals surface area contributed by atoms with E-state index in [9.17, 15) is 0 Å². The summed E-state index contributed by atoms with van der Waals surface area (Å²) >= 11 is 1.69. The number of guanidine groups is 1. The molecule has 21 heavy (non-hydrogen) atoms. The second-order valence-corrected chi connectivity index (χ2v) is 6.44. The van der Waals surface area contributed by atoms with Gasteiger partial charge in [-0.1, -0.05) is 13.8 Å². The number of nitrogens with zero attached hydrogens (tertiary/aromatic N) is 4. The number of halogens is 1. The zero-order valence-electron chi connectivity index (χ0n) is 12.9. The summed E-state index contributed by atoms with van der Waals surface area (Å²) in [7, 11) is 0. The summed E-state index contributed by atoms with van der Waals surface area (Å²) in [5, 5.41) is 3.13. The first-order chi connectivity index (χ1) is 9.66. The maximum atomic E-state index is 6.07. The molecule has 0 aromatic carbocycles. The van der Waals surface area contributed by atoms with Crippen LogP contribution in [0.25, 0.3) is 0 Å². The van der Waals surface area contributed by atoms with Crippen molar-refractivity contribution in [2.75, 3.05) is 37.6 Å². The van der Waals surface area contributed by atoms with Gasteiger partial charge in [0.25, 0.3) is 0 Å². The van der Waals surface area contributed by atoms with Crippen molar-refractivity contribution in [3.8, 4) is 0 Å². The lowest BCUT2D eigenvalue weighted by Gasteiger charge is -2.35. The lowest BCUT2D eigenvalue weighted by Crippen LogP contribution is -2.51. The van der Waals surface area contributed by atoms with E-state index in [2.05, 4.69) is 33.6 Å². The standard InChI is InChI=1S/C14H25N5S.HI/c1-12(2)4-3-5-16-13(15)18-7-9-19(10-8-18)14-17-6-11-20-14;/h6,11-12H,3-5,7-10H2,1-2H3,(H2,15,16);1H. The number of rotatable bonds is 5. The minimum absolute atomic E-state index is 0. The summed E-state index contributed by atoms with van der Waals surface area (Å²) in [6, 6.07) is 0. The number of hydrogen-bond acceptors (Lipinski definition) is 4. The van der Waals surface area contributed by atoms with Crippen molar-refractivity contribution in [3.05, 3.63) is 11.6 Å². The number of thiazole rings is 1. The predicted molar refractivity (Wildman–Crippen MR) is 102 cm³/mol. The number of nitrogens with two attached hydrogens (primary N) is 1. The Hall–Kier alpha value is -0.570. The van der Waals surface area contributed by atoms with E-state index in [0.29, 0.717) is 5.96 Å². The molecule has 0 aliphatic carbocycles. The molecule has 0 bridgehead atoms. The molecule has 0 amide bonds. The molecule has 1 saturated heterocycles. The van der Waals surface area contributed by atoms with Gasteiger partial charge in [0.2, 0.25) is 0 Å². The topological polar surface area (TPSA) is 57.8 Å². The fraction of sp³-hybridized carbons (Fsp3) is 0.714. The molecule has 0 saturated carbocycles.